The first kappa shape index (κ1) is 21.9. The van der Waals surface area contributed by atoms with Gasteiger partial charge in [-0.05, 0) is 71.1 Å². The molecule has 0 aromatic heterocycles. The average molecular weight is 438 g/mol. The molecule has 1 heterocycles. The number of alkyl halides is 1. The molecular formula is C31H32FN. The third-order valence-corrected chi connectivity index (χ3v) is 6.86. The summed E-state index contributed by atoms with van der Waals surface area (Å²) in [5.41, 5.74) is 11.2. The van der Waals surface area contributed by atoms with Crippen LogP contribution in [-0.4, -0.2) is 31.2 Å². The second-order valence-electron chi connectivity index (χ2n) is 9.33. The van der Waals surface area contributed by atoms with E-state index in [9.17, 15) is 4.39 Å². The highest BCUT2D eigenvalue weighted by atomic mass is 19.1. The summed E-state index contributed by atoms with van der Waals surface area (Å²) in [6.45, 7) is 2.59. The molecule has 2 heteroatoms. The van der Waals surface area contributed by atoms with Crippen LogP contribution in [0.25, 0.3) is 11.6 Å². The molecule has 3 aromatic rings. The molecule has 1 saturated heterocycles. The zero-order valence-corrected chi connectivity index (χ0v) is 19.3. The van der Waals surface area contributed by atoms with Gasteiger partial charge in [0.05, 0.1) is 6.67 Å². The van der Waals surface area contributed by atoms with Crippen molar-refractivity contribution in [3.8, 4) is 0 Å². The van der Waals surface area contributed by atoms with Gasteiger partial charge in [0.2, 0.25) is 0 Å². The number of hydrogen-bond donors (Lipinski definition) is 0. The molecule has 168 valence electrons. The minimum atomic E-state index is -0.220. The lowest BCUT2D eigenvalue weighted by atomic mass is 9.88. The van der Waals surface area contributed by atoms with Crippen molar-refractivity contribution in [1.82, 2.24) is 4.90 Å². The Hall–Kier alpha value is -2.97. The fraction of sp³-hybridized carbons (Fsp3) is 0.290. The predicted molar refractivity (Wildman–Crippen MR) is 137 cm³/mol. The quantitative estimate of drug-likeness (QED) is 0.380. The minimum Gasteiger partial charge on any atom is -0.295 e. The van der Waals surface area contributed by atoms with Crippen LogP contribution in [0.15, 0.2) is 90.0 Å². The number of nitrogens with zero attached hydrogens (tertiary/aromatic N) is 1. The molecule has 0 bridgehead atoms. The summed E-state index contributed by atoms with van der Waals surface area (Å²) in [5, 5.41) is 0. The fourth-order valence-electron chi connectivity index (χ4n) is 5.21. The van der Waals surface area contributed by atoms with Crippen molar-refractivity contribution in [1.29, 1.82) is 0 Å². The molecule has 0 atom stereocenters. The van der Waals surface area contributed by atoms with Crippen molar-refractivity contribution in [2.45, 2.75) is 32.1 Å². The van der Waals surface area contributed by atoms with Crippen LogP contribution in [0.3, 0.4) is 0 Å². The van der Waals surface area contributed by atoms with Gasteiger partial charge in [0.15, 0.2) is 0 Å². The summed E-state index contributed by atoms with van der Waals surface area (Å²) in [4.78, 5) is 2.31. The Kier molecular flexibility index (Phi) is 6.83. The maximum atomic E-state index is 12.4. The van der Waals surface area contributed by atoms with Gasteiger partial charge in [-0.15, -0.1) is 0 Å². The lowest BCUT2D eigenvalue weighted by molar-refractivity contribution is 0.239. The molecule has 1 aliphatic carbocycles. The van der Waals surface area contributed by atoms with Crippen molar-refractivity contribution < 1.29 is 4.39 Å². The van der Waals surface area contributed by atoms with Gasteiger partial charge in [0.1, 0.15) is 0 Å². The van der Waals surface area contributed by atoms with E-state index < -0.39 is 0 Å². The van der Waals surface area contributed by atoms with Gasteiger partial charge in [0.25, 0.3) is 0 Å². The second-order valence-corrected chi connectivity index (χ2v) is 9.33. The largest absolute Gasteiger partial charge is 0.295 e. The predicted octanol–water partition coefficient (Wildman–Crippen LogP) is 7.13. The van der Waals surface area contributed by atoms with Gasteiger partial charge < -0.3 is 0 Å². The number of aryl methyl sites for hydroxylation is 1. The van der Waals surface area contributed by atoms with E-state index in [1.807, 2.05) is 0 Å². The van der Waals surface area contributed by atoms with E-state index in [-0.39, 0.29) is 6.67 Å². The summed E-state index contributed by atoms with van der Waals surface area (Å²) in [6.07, 6.45) is 7.43. The molecule has 33 heavy (non-hydrogen) atoms. The van der Waals surface area contributed by atoms with E-state index in [0.717, 1.165) is 38.9 Å². The number of likely N-dealkylation sites (tertiary alicyclic amines) is 1. The molecule has 0 radical (unpaired) electrons. The number of rotatable bonds is 7. The third kappa shape index (κ3) is 5.17. The molecule has 0 spiro atoms. The van der Waals surface area contributed by atoms with Gasteiger partial charge in [0, 0.05) is 19.6 Å². The van der Waals surface area contributed by atoms with Crippen molar-refractivity contribution in [2.24, 2.45) is 0 Å². The monoisotopic (exact) mass is 437 g/mol. The number of halogens is 1. The molecule has 0 amide bonds. The fourth-order valence-corrected chi connectivity index (χ4v) is 5.21. The number of allylic oxidation sites excluding steroid dienone is 1. The highest BCUT2D eigenvalue weighted by Gasteiger charge is 2.20. The van der Waals surface area contributed by atoms with E-state index >= 15 is 0 Å². The molecule has 0 N–H and O–H groups in total. The second kappa shape index (κ2) is 10.3. The molecule has 2 aliphatic rings. The zero-order chi connectivity index (χ0) is 22.5. The van der Waals surface area contributed by atoms with E-state index in [2.05, 4.69) is 89.8 Å². The van der Waals surface area contributed by atoms with Crippen molar-refractivity contribution in [3.63, 3.8) is 0 Å². The number of fused-ring (bicyclic) bond motifs is 1. The Morgan fingerprint density at radius 1 is 0.818 bits per heavy atom. The van der Waals surface area contributed by atoms with E-state index in [1.54, 1.807) is 5.57 Å². The van der Waals surface area contributed by atoms with E-state index in [1.165, 1.54) is 45.4 Å². The van der Waals surface area contributed by atoms with Crippen LogP contribution in [0.2, 0.25) is 0 Å². The van der Waals surface area contributed by atoms with E-state index in [0.29, 0.717) is 6.42 Å². The molecular weight excluding hydrogens is 405 g/mol. The maximum absolute atomic E-state index is 12.4. The van der Waals surface area contributed by atoms with Gasteiger partial charge in [-0.3, -0.25) is 9.29 Å². The van der Waals surface area contributed by atoms with Crippen LogP contribution >= 0.6 is 0 Å². The summed E-state index contributed by atoms with van der Waals surface area (Å²) in [5.74, 6) is 0. The zero-order valence-electron chi connectivity index (χ0n) is 19.3. The smallest absolute Gasteiger partial charge is 0.0906 e. The first-order valence-corrected chi connectivity index (χ1v) is 12.2. The van der Waals surface area contributed by atoms with Gasteiger partial charge in [-0.1, -0.05) is 90.5 Å². The molecule has 1 aliphatic heterocycles. The van der Waals surface area contributed by atoms with Crippen LogP contribution in [0.1, 0.15) is 47.1 Å². The van der Waals surface area contributed by atoms with Crippen LogP contribution < -0.4 is 0 Å². The van der Waals surface area contributed by atoms with Crippen molar-refractivity contribution in [2.75, 3.05) is 26.3 Å². The van der Waals surface area contributed by atoms with Crippen molar-refractivity contribution in [3.05, 3.63) is 118 Å². The number of hydrogen-bond acceptors (Lipinski definition) is 1. The Morgan fingerprint density at radius 3 is 2.36 bits per heavy atom. The van der Waals surface area contributed by atoms with Crippen molar-refractivity contribution >= 4 is 11.6 Å². The van der Waals surface area contributed by atoms with Crippen LogP contribution in [0.4, 0.5) is 4.39 Å². The van der Waals surface area contributed by atoms with Gasteiger partial charge >= 0.3 is 0 Å². The molecule has 1 nitrogen and oxygen atoms in total. The van der Waals surface area contributed by atoms with Crippen LogP contribution in [-0.2, 0) is 12.8 Å². The summed E-state index contributed by atoms with van der Waals surface area (Å²) in [6, 6.07) is 28.9. The average Bonchev–Trinajstić information content (AvgIpc) is 3.01. The Morgan fingerprint density at radius 2 is 1.58 bits per heavy atom. The summed E-state index contributed by atoms with van der Waals surface area (Å²) < 4.78 is 12.4. The third-order valence-electron chi connectivity index (χ3n) is 6.86. The topological polar surface area (TPSA) is 3.24 Å². The molecule has 1 fully saturated rings. The van der Waals surface area contributed by atoms with Crippen LogP contribution in [0.5, 0.6) is 0 Å². The van der Waals surface area contributed by atoms with Crippen LogP contribution in [0, 0.1) is 0 Å². The highest BCUT2D eigenvalue weighted by molar-refractivity contribution is 5.84. The Bertz CT molecular complexity index is 1130. The maximum Gasteiger partial charge on any atom is 0.0906 e. The summed E-state index contributed by atoms with van der Waals surface area (Å²) in [7, 11) is 0. The normalized spacial score (nSPS) is 16.2. The lowest BCUT2D eigenvalue weighted by Crippen LogP contribution is -2.40. The molecule has 0 unspecified atom stereocenters. The SMILES string of the molecule is FCCCN1CC(=Cc2ccc(C3=C(Cc4ccccc4)CCCc4ccccc43)cc2)C1. The Balaban J connectivity index is 1.44. The highest BCUT2D eigenvalue weighted by Crippen LogP contribution is 2.36. The lowest BCUT2D eigenvalue weighted by Gasteiger charge is -2.33. The molecule has 3 aromatic carbocycles. The number of benzene rings is 3. The Labute approximate surface area is 197 Å². The first-order chi connectivity index (χ1) is 16.3. The van der Waals surface area contributed by atoms with Gasteiger partial charge in [-0.2, -0.15) is 0 Å². The minimum absolute atomic E-state index is 0.220. The molecule has 0 saturated carbocycles. The summed E-state index contributed by atoms with van der Waals surface area (Å²) >= 11 is 0. The standard InChI is InChI=1S/C31H32FN/c32-18-7-19-33-22-26(23-33)20-25-14-16-28(17-15-25)31-29(21-24-8-2-1-3-9-24)12-6-11-27-10-4-5-13-30(27)31/h1-5,8-10,13-17,20H,6-7,11-12,18-19,21-23H2. The van der Waals surface area contributed by atoms with Gasteiger partial charge in [-0.25, -0.2) is 0 Å². The van der Waals surface area contributed by atoms with E-state index in [4.69, 9.17) is 0 Å². The first-order valence-electron chi connectivity index (χ1n) is 12.2. The molecule has 5 rings (SSSR count).